The number of amides is 3. The van der Waals surface area contributed by atoms with Gasteiger partial charge >= 0.3 is 5.97 Å². The second kappa shape index (κ2) is 20.0. The van der Waals surface area contributed by atoms with E-state index in [2.05, 4.69) is 27.9 Å². The Hall–Kier alpha value is -3.12. The first kappa shape index (κ1) is 36.1. The molecule has 1 aromatic heterocycles. The van der Waals surface area contributed by atoms with Gasteiger partial charge in [-0.15, -0.1) is 11.8 Å². The van der Waals surface area contributed by atoms with Crippen LogP contribution in [-0.4, -0.2) is 57.9 Å². The van der Waals surface area contributed by atoms with Gasteiger partial charge in [-0.05, 0) is 50.7 Å². The zero-order valence-electron chi connectivity index (χ0n) is 25.5. The number of thioether (sulfide) groups is 2. The van der Waals surface area contributed by atoms with Crippen molar-refractivity contribution in [2.75, 3.05) is 12.0 Å². The Bertz CT molecular complexity index is 1190. The quantitative estimate of drug-likeness (QED) is 0.0971. The molecule has 236 valence electrons. The average Bonchev–Trinajstić information content (AvgIpc) is 3.00. The molecule has 0 fully saturated rings. The van der Waals surface area contributed by atoms with Crippen molar-refractivity contribution in [3.8, 4) is 0 Å². The van der Waals surface area contributed by atoms with Crippen molar-refractivity contribution in [2.45, 2.75) is 102 Å². The zero-order valence-corrected chi connectivity index (χ0v) is 27.2. The van der Waals surface area contributed by atoms with Crippen LogP contribution in [0, 0.1) is 0 Å². The van der Waals surface area contributed by atoms with Gasteiger partial charge in [-0.1, -0.05) is 63.4 Å². The van der Waals surface area contributed by atoms with Crippen LogP contribution in [0.1, 0.15) is 94.7 Å². The predicted molar refractivity (Wildman–Crippen MR) is 170 cm³/mol. The minimum Gasteiger partial charge on any atom is -0.456 e. The maximum Gasteiger partial charge on any atom is 0.329 e. The number of ether oxygens (including phenoxy) is 1. The van der Waals surface area contributed by atoms with Gasteiger partial charge in [-0.3, -0.25) is 19.2 Å². The molecule has 2 atom stereocenters. The number of nitrogens with zero attached hydrogens (tertiary/aromatic N) is 1. The lowest BCUT2D eigenvalue weighted by Crippen LogP contribution is -2.46. The molecule has 3 amide bonds. The molecular formula is C31H44N4O6S2. The summed E-state index contributed by atoms with van der Waals surface area (Å²) in [6.45, 7) is 5.53. The molecular weight excluding hydrogens is 588 g/mol. The molecule has 2 rings (SSSR count). The Morgan fingerprint density at radius 3 is 2.56 bits per heavy atom. The maximum atomic E-state index is 13.0. The van der Waals surface area contributed by atoms with Gasteiger partial charge in [0.25, 0.3) is 11.8 Å². The fourth-order valence-electron chi connectivity index (χ4n) is 4.15. The lowest BCUT2D eigenvalue weighted by atomic mass is 10.1. The van der Waals surface area contributed by atoms with E-state index in [1.165, 1.54) is 42.4 Å². The molecule has 0 radical (unpaired) electrons. The molecule has 0 spiro atoms. The Kier molecular flexibility index (Phi) is 16.7. The smallest absolute Gasteiger partial charge is 0.329 e. The number of nitrogens with one attached hydrogen (secondary N) is 3. The van der Waals surface area contributed by atoms with Crippen LogP contribution in [0.5, 0.6) is 0 Å². The van der Waals surface area contributed by atoms with Crippen molar-refractivity contribution in [1.82, 2.24) is 20.9 Å². The molecule has 1 aromatic rings. The number of hydrogen-bond donors (Lipinski definition) is 3. The first-order chi connectivity index (χ1) is 20.7. The highest BCUT2D eigenvalue weighted by Crippen LogP contribution is 2.18. The number of pyridine rings is 1. The summed E-state index contributed by atoms with van der Waals surface area (Å²) in [6.07, 6.45) is 12.6. The third-order valence-electron chi connectivity index (χ3n) is 6.60. The van der Waals surface area contributed by atoms with Crippen LogP contribution in [0.3, 0.4) is 0 Å². The van der Waals surface area contributed by atoms with Crippen LogP contribution < -0.4 is 16.0 Å². The molecule has 0 unspecified atom stereocenters. The number of esters is 1. The topological polar surface area (TPSA) is 144 Å². The van der Waals surface area contributed by atoms with E-state index in [1.807, 2.05) is 6.26 Å². The number of fused-ring (bicyclic) bond motifs is 2. The number of hydrogen-bond acceptors (Lipinski definition) is 9. The van der Waals surface area contributed by atoms with Gasteiger partial charge in [0.2, 0.25) is 5.91 Å². The lowest BCUT2D eigenvalue weighted by molar-refractivity contribution is -0.151. The van der Waals surface area contributed by atoms with Gasteiger partial charge in [-0.2, -0.15) is 0 Å². The van der Waals surface area contributed by atoms with Crippen molar-refractivity contribution in [3.63, 3.8) is 0 Å². The summed E-state index contributed by atoms with van der Waals surface area (Å²) < 4.78 is 5.66. The minimum atomic E-state index is -0.999. The Balaban J connectivity index is 2.15. The van der Waals surface area contributed by atoms with Crippen molar-refractivity contribution < 1.29 is 28.7 Å². The molecule has 43 heavy (non-hydrogen) atoms. The van der Waals surface area contributed by atoms with Crippen molar-refractivity contribution in [1.29, 1.82) is 0 Å². The summed E-state index contributed by atoms with van der Waals surface area (Å²) in [4.78, 5) is 69.1. The number of rotatable bonds is 12. The van der Waals surface area contributed by atoms with Gasteiger partial charge in [0, 0.05) is 17.1 Å². The van der Waals surface area contributed by atoms with E-state index in [0.717, 1.165) is 24.2 Å². The van der Waals surface area contributed by atoms with E-state index in [0.29, 0.717) is 24.3 Å². The van der Waals surface area contributed by atoms with Crippen LogP contribution in [0.2, 0.25) is 0 Å². The molecule has 0 saturated heterocycles. The number of carbonyl (C=O) groups excluding carboxylic acids is 5. The number of carbonyl (C=O) groups is 5. The van der Waals surface area contributed by atoms with Crippen molar-refractivity contribution in [2.24, 2.45) is 0 Å². The summed E-state index contributed by atoms with van der Waals surface area (Å²) in [6, 6.07) is 2.37. The lowest BCUT2D eigenvalue weighted by Gasteiger charge is -2.21. The molecule has 0 saturated carbocycles. The average molecular weight is 633 g/mol. The number of unbranched alkanes of at least 4 members (excludes halogenated alkanes) is 4. The van der Waals surface area contributed by atoms with E-state index in [9.17, 15) is 24.0 Å². The van der Waals surface area contributed by atoms with Gasteiger partial charge in [0.05, 0.1) is 18.7 Å². The largest absolute Gasteiger partial charge is 0.456 e. The van der Waals surface area contributed by atoms with Crippen molar-refractivity contribution >= 4 is 52.3 Å². The van der Waals surface area contributed by atoms with E-state index < -0.39 is 29.9 Å². The molecule has 1 aliphatic heterocycles. The summed E-state index contributed by atoms with van der Waals surface area (Å²) in [5.41, 5.74) is 0.528. The fraction of sp³-hybridized carbons (Fsp3) is 0.548. The SMILES string of the molecule is C/C=C1\NC(=O)c2cc(SC)cc(n2)CNC(=O)C[C@@H](/C=C/CCSC(=O)CCCCCCC)OC(=O)[C@H](CC)NC1=O. The molecule has 2 bridgehead atoms. The van der Waals surface area contributed by atoms with Crippen LogP contribution >= 0.6 is 23.5 Å². The molecule has 1 aliphatic rings. The molecule has 12 heteroatoms. The van der Waals surface area contributed by atoms with Crippen LogP contribution in [0.25, 0.3) is 0 Å². The highest BCUT2D eigenvalue weighted by molar-refractivity contribution is 8.13. The third-order valence-corrected chi connectivity index (χ3v) is 8.28. The fourth-order valence-corrected chi connectivity index (χ4v) is 5.41. The Labute approximate surface area is 263 Å². The Morgan fingerprint density at radius 1 is 1.09 bits per heavy atom. The van der Waals surface area contributed by atoms with Gasteiger partial charge in [0.15, 0.2) is 5.12 Å². The van der Waals surface area contributed by atoms with E-state index in [-0.39, 0.29) is 41.8 Å². The molecule has 0 aromatic carbocycles. The van der Waals surface area contributed by atoms with Gasteiger partial charge in [0.1, 0.15) is 23.5 Å². The maximum absolute atomic E-state index is 13.0. The first-order valence-electron chi connectivity index (χ1n) is 14.8. The summed E-state index contributed by atoms with van der Waals surface area (Å²) >= 11 is 2.70. The van der Waals surface area contributed by atoms with Crippen molar-refractivity contribution in [3.05, 3.63) is 47.4 Å². The standard InChI is InChI=1S/C31H44N4O6S2/c1-5-8-9-10-11-15-28(37)43-16-13-12-14-22-18-27(36)32-20-21-17-23(42-4)19-26(33-21)30(39)34-24(6-2)29(38)35-25(7-3)31(40)41-22/h6,12,14,17,19,22,25H,5,7-11,13,15-16,18,20H2,1-4H3,(H,32,36)(H,34,39)(H,35,38)/b14-12+,24-6-/t22-,25+/m1/s1. The number of aromatic nitrogens is 1. The second-order valence-corrected chi connectivity index (χ2v) is 12.1. The van der Waals surface area contributed by atoms with Gasteiger partial charge < -0.3 is 20.7 Å². The summed E-state index contributed by atoms with van der Waals surface area (Å²) in [5, 5.41) is 8.13. The first-order valence-corrected chi connectivity index (χ1v) is 17.0. The molecule has 2 heterocycles. The normalized spacial score (nSPS) is 19.6. The monoisotopic (exact) mass is 632 g/mol. The third kappa shape index (κ3) is 13.4. The summed E-state index contributed by atoms with van der Waals surface area (Å²) in [7, 11) is 0. The van der Waals surface area contributed by atoms with Crippen LogP contribution in [0.4, 0.5) is 0 Å². The van der Waals surface area contributed by atoms with Crippen LogP contribution in [-0.2, 0) is 30.5 Å². The number of allylic oxidation sites excluding steroid dienone is 2. The van der Waals surface area contributed by atoms with E-state index >= 15 is 0 Å². The predicted octanol–water partition coefficient (Wildman–Crippen LogP) is 4.83. The Morgan fingerprint density at radius 2 is 1.86 bits per heavy atom. The minimum absolute atomic E-state index is 0.0287. The highest BCUT2D eigenvalue weighted by Gasteiger charge is 2.26. The van der Waals surface area contributed by atoms with Crippen LogP contribution in [0.15, 0.2) is 41.0 Å². The molecule has 3 N–H and O–H groups in total. The van der Waals surface area contributed by atoms with E-state index in [1.54, 1.807) is 38.1 Å². The number of cyclic esters (lactones) is 1. The highest BCUT2D eigenvalue weighted by atomic mass is 32.2. The molecule has 10 nitrogen and oxygen atoms in total. The summed E-state index contributed by atoms with van der Waals surface area (Å²) in [5.74, 6) is -1.73. The zero-order chi connectivity index (χ0) is 31.6. The van der Waals surface area contributed by atoms with E-state index in [4.69, 9.17) is 4.74 Å². The van der Waals surface area contributed by atoms with Gasteiger partial charge in [-0.25, -0.2) is 9.78 Å². The second-order valence-electron chi connectivity index (χ2n) is 10.0. The molecule has 0 aliphatic carbocycles.